The Kier molecular flexibility index (Phi) is 3.93. The molecule has 1 heterocycles. The zero-order chi connectivity index (χ0) is 14.9. The number of pyridine rings is 1. The molecule has 1 saturated carbocycles. The molecule has 0 spiro atoms. The van der Waals surface area contributed by atoms with Crippen molar-refractivity contribution >= 4 is 11.7 Å². The van der Waals surface area contributed by atoms with Crippen molar-refractivity contribution in [2.45, 2.75) is 46.1 Å². The van der Waals surface area contributed by atoms with E-state index < -0.39 is 6.04 Å². The Morgan fingerprint density at radius 1 is 1.35 bits per heavy atom. The highest BCUT2D eigenvalue weighted by Gasteiger charge is 2.46. The van der Waals surface area contributed by atoms with Gasteiger partial charge in [-0.2, -0.15) is 0 Å². The van der Waals surface area contributed by atoms with Crippen molar-refractivity contribution in [1.82, 2.24) is 10.3 Å². The molecule has 1 N–H and O–H groups in total. The van der Waals surface area contributed by atoms with Gasteiger partial charge in [0, 0.05) is 23.7 Å². The summed E-state index contributed by atoms with van der Waals surface area (Å²) in [4.78, 5) is 28.2. The molecule has 1 aromatic rings. The first-order chi connectivity index (χ1) is 9.30. The van der Waals surface area contributed by atoms with Gasteiger partial charge in [-0.1, -0.05) is 26.8 Å². The van der Waals surface area contributed by atoms with Gasteiger partial charge < -0.3 is 5.32 Å². The van der Waals surface area contributed by atoms with E-state index in [1.54, 1.807) is 6.20 Å². The Morgan fingerprint density at radius 3 is 2.55 bits per heavy atom. The van der Waals surface area contributed by atoms with Crippen LogP contribution in [0.25, 0.3) is 0 Å². The average molecular weight is 274 g/mol. The van der Waals surface area contributed by atoms with Gasteiger partial charge in [0.15, 0.2) is 5.78 Å². The van der Waals surface area contributed by atoms with Crippen molar-refractivity contribution in [3.8, 4) is 0 Å². The minimum Gasteiger partial charge on any atom is -0.346 e. The fourth-order valence-corrected chi connectivity index (χ4v) is 2.58. The monoisotopic (exact) mass is 274 g/mol. The van der Waals surface area contributed by atoms with E-state index in [0.717, 1.165) is 12.1 Å². The average Bonchev–Trinajstić information content (AvgIpc) is 3.15. The van der Waals surface area contributed by atoms with E-state index in [1.165, 1.54) is 6.92 Å². The molecule has 0 radical (unpaired) electrons. The molecule has 2 unspecified atom stereocenters. The summed E-state index contributed by atoms with van der Waals surface area (Å²) >= 11 is 0. The Labute approximate surface area is 120 Å². The normalized spacial score (nSPS) is 23.0. The molecule has 4 heteroatoms. The predicted octanol–water partition coefficient (Wildman–Crippen LogP) is 2.31. The second-order valence-corrected chi connectivity index (χ2v) is 6.62. The van der Waals surface area contributed by atoms with Crippen LogP contribution in [0.4, 0.5) is 0 Å². The van der Waals surface area contributed by atoms with Crippen LogP contribution in [0.1, 0.15) is 45.7 Å². The number of hydrogen-bond acceptors (Lipinski definition) is 3. The smallest absolute Gasteiger partial charge is 0.224 e. The minimum atomic E-state index is -0.431. The Morgan fingerprint density at radius 2 is 2.05 bits per heavy atom. The summed E-state index contributed by atoms with van der Waals surface area (Å²) in [7, 11) is 0. The third-order valence-corrected chi connectivity index (χ3v) is 3.75. The summed E-state index contributed by atoms with van der Waals surface area (Å²) in [6, 6.07) is 5.32. The largest absolute Gasteiger partial charge is 0.346 e. The lowest BCUT2D eigenvalue weighted by Gasteiger charge is -2.29. The molecule has 4 nitrogen and oxygen atoms in total. The topological polar surface area (TPSA) is 59.1 Å². The maximum atomic E-state index is 12.3. The first kappa shape index (κ1) is 14.7. The molecule has 1 amide bonds. The second kappa shape index (κ2) is 5.35. The molecule has 0 aromatic carbocycles. The molecule has 20 heavy (non-hydrogen) atoms. The number of aromatic nitrogens is 1. The van der Waals surface area contributed by atoms with Crippen LogP contribution in [0.3, 0.4) is 0 Å². The van der Waals surface area contributed by atoms with Gasteiger partial charge in [-0.3, -0.25) is 14.6 Å². The number of amides is 1. The fourth-order valence-electron chi connectivity index (χ4n) is 2.58. The van der Waals surface area contributed by atoms with Gasteiger partial charge >= 0.3 is 0 Å². The van der Waals surface area contributed by atoms with E-state index in [4.69, 9.17) is 0 Å². The standard InChI is InChI=1S/C16H22N2O2/c1-10(19)14(16(2,3)4)18-15(20)12-9-11(12)13-7-5-6-8-17-13/h5-8,11-12,14H,9H2,1-4H3,(H,18,20)/t11?,12?,14-/m1/s1. The maximum Gasteiger partial charge on any atom is 0.224 e. The summed E-state index contributed by atoms with van der Waals surface area (Å²) in [5, 5.41) is 2.90. The number of Topliss-reactive ketones (excluding diaryl/α,β-unsaturated/α-hetero) is 1. The highest BCUT2D eigenvalue weighted by molar-refractivity contribution is 5.90. The minimum absolute atomic E-state index is 0.000820. The molecule has 1 aliphatic rings. The van der Waals surface area contributed by atoms with Crippen LogP contribution in [-0.4, -0.2) is 22.7 Å². The van der Waals surface area contributed by atoms with Gasteiger partial charge in [0.2, 0.25) is 5.91 Å². The van der Waals surface area contributed by atoms with Crippen LogP contribution in [0.5, 0.6) is 0 Å². The lowest BCUT2D eigenvalue weighted by molar-refractivity contribution is -0.130. The molecule has 0 bridgehead atoms. The molecule has 108 valence electrons. The number of carbonyl (C=O) groups excluding carboxylic acids is 2. The van der Waals surface area contributed by atoms with Crippen molar-refractivity contribution in [3.63, 3.8) is 0 Å². The maximum absolute atomic E-state index is 12.3. The van der Waals surface area contributed by atoms with E-state index in [2.05, 4.69) is 10.3 Å². The summed E-state index contributed by atoms with van der Waals surface area (Å²) in [6.07, 6.45) is 2.56. The number of ketones is 1. The third-order valence-electron chi connectivity index (χ3n) is 3.75. The van der Waals surface area contributed by atoms with Crippen LogP contribution in [-0.2, 0) is 9.59 Å². The van der Waals surface area contributed by atoms with Gasteiger partial charge in [0.1, 0.15) is 0 Å². The molecular formula is C16H22N2O2. The van der Waals surface area contributed by atoms with Crippen molar-refractivity contribution in [2.24, 2.45) is 11.3 Å². The lowest BCUT2D eigenvalue weighted by atomic mass is 9.84. The zero-order valence-electron chi connectivity index (χ0n) is 12.5. The van der Waals surface area contributed by atoms with Gasteiger partial charge in [-0.15, -0.1) is 0 Å². The second-order valence-electron chi connectivity index (χ2n) is 6.62. The Balaban J connectivity index is 1.99. The quantitative estimate of drug-likeness (QED) is 0.916. The van der Waals surface area contributed by atoms with Crippen molar-refractivity contribution in [2.75, 3.05) is 0 Å². The molecule has 1 aliphatic carbocycles. The van der Waals surface area contributed by atoms with E-state index >= 15 is 0 Å². The molecule has 3 atom stereocenters. The molecule has 2 rings (SSSR count). The number of carbonyl (C=O) groups is 2. The van der Waals surface area contributed by atoms with E-state index in [-0.39, 0.29) is 28.9 Å². The molecule has 1 fully saturated rings. The number of hydrogen-bond donors (Lipinski definition) is 1. The molecular weight excluding hydrogens is 252 g/mol. The number of nitrogens with zero attached hydrogens (tertiary/aromatic N) is 1. The SMILES string of the molecule is CC(=O)[C@@H](NC(=O)C1CC1c1ccccn1)C(C)(C)C. The number of nitrogens with one attached hydrogen (secondary N) is 1. The summed E-state index contributed by atoms with van der Waals surface area (Å²) in [5.74, 6) is 0.120. The van der Waals surface area contributed by atoms with Crippen LogP contribution in [0.15, 0.2) is 24.4 Å². The Hall–Kier alpha value is -1.71. The molecule has 0 saturated heterocycles. The number of rotatable bonds is 4. The van der Waals surface area contributed by atoms with Crippen molar-refractivity contribution in [3.05, 3.63) is 30.1 Å². The van der Waals surface area contributed by atoms with Crippen LogP contribution in [0, 0.1) is 11.3 Å². The van der Waals surface area contributed by atoms with E-state index in [1.807, 2.05) is 39.0 Å². The zero-order valence-corrected chi connectivity index (χ0v) is 12.5. The highest BCUT2D eigenvalue weighted by atomic mass is 16.2. The van der Waals surface area contributed by atoms with E-state index in [9.17, 15) is 9.59 Å². The van der Waals surface area contributed by atoms with Crippen molar-refractivity contribution in [1.29, 1.82) is 0 Å². The summed E-state index contributed by atoms with van der Waals surface area (Å²) in [5.41, 5.74) is 0.694. The van der Waals surface area contributed by atoms with Crippen molar-refractivity contribution < 1.29 is 9.59 Å². The van der Waals surface area contributed by atoms with E-state index in [0.29, 0.717) is 0 Å². The lowest BCUT2D eigenvalue weighted by Crippen LogP contribution is -2.48. The summed E-state index contributed by atoms with van der Waals surface area (Å²) < 4.78 is 0. The first-order valence-electron chi connectivity index (χ1n) is 7.02. The third kappa shape index (κ3) is 3.24. The first-order valence-corrected chi connectivity index (χ1v) is 7.02. The highest BCUT2D eigenvalue weighted by Crippen LogP contribution is 2.46. The van der Waals surface area contributed by atoms with Gasteiger partial charge in [-0.05, 0) is 30.9 Å². The van der Waals surface area contributed by atoms with Crippen LogP contribution in [0.2, 0.25) is 0 Å². The molecule has 0 aliphatic heterocycles. The van der Waals surface area contributed by atoms with Crippen LogP contribution < -0.4 is 5.32 Å². The predicted molar refractivity (Wildman–Crippen MR) is 77.2 cm³/mol. The fraction of sp³-hybridized carbons (Fsp3) is 0.562. The summed E-state index contributed by atoms with van der Waals surface area (Å²) in [6.45, 7) is 7.41. The van der Waals surface area contributed by atoms with Gasteiger partial charge in [0.05, 0.1) is 6.04 Å². The molecule has 1 aromatic heterocycles. The van der Waals surface area contributed by atoms with Gasteiger partial charge in [0.25, 0.3) is 0 Å². The van der Waals surface area contributed by atoms with Crippen LogP contribution >= 0.6 is 0 Å². The van der Waals surface area contributed by atoms with Gasteiger partial charge in [-0.25, -0.2) is 0 Å². The Bertz CT molecular complexity index is 505.